The summed E-state index contributed by atoms with van der Waals surface area (Å²) in [6, 6.07) is 18.1. The molecule has 174 valence electrons. The number of anilines is 3. The Kier molecular flexibility index (Phi) is 7.06. The van der Waals surface area contributed by atoms with E-state index in [4.69, 9.17) is 0 Å². The molecule has 0 aromatic heterocycles. The number of nitrogens with one attached hydrogen (secondary N) is 3. The Morgan fingerprint density at radius 2 is 1.42 bits per heavy atom. The van der Waals surface area contributed by atoms with Crippen molar-refractivity contribution in [1.29, 1.82) is 0 Å². The van der Waals surface area contributed by atoms with E-state index in [0.717, 1.165) is 6.07 Å². The first kappa shape index (κ1) is 24.2. The van der Waals surface area contributed by atoms with Crippen LogP contribution in [0.5, 0.6) is 0 Å². The monoisotopic (exact) mass is 489 g/mol. The fourth-order valence-corrected chi connectivity index (χ4v) is 4.32. The molecule has 0 aliphatic rings. The molecule has 0 saturated heterocycles. The minimum absolute atomic E-state index is 0.0112. The van der Waals surface area contributed by atoms with Crippen LogP contribution in [0.4, 0.5) is 21.9 Å². The van der Waals surface area contributed by atoms with Gasteiger partial charge in [0.1, 0.15) is 4.90 Å². The second kappa shape index (κ2) is 9.61. The van der Waals surface area contributed by atoms with Gasteiger partial charge in [-0.3, -0.25) is 9.27 Å². The molecule has 3 aromatic carbocycles. The predicted octanol–water partition coefficient (Wildman–Crippen LogP) is 4.39. The molecule has 9 nitrogen and oxygen atoms in total. The SMILES string of the molecule is CC(C)S(=O)(=O)Nc1ccc(S(=O)(=O)O)c(-c2ccccc2NC(=O)Nc2ccccc2)c1. The second-order valence-corrected chi connectivity index (χ2v) is 11.0. The third-order valence-electron chi connectivity index (χ3n) is 4.64. The molecule has 0 bridgehead atoms. The predicted molar refractivity (Wildman–Crippen MR) is 128 cm³/mol. The summed E-state index contributed by atoms with van der Waals surface area (Å²) in [6.45, 7) is 3.00. The number of benzene rings is 3. The van der Waals surface area contributed by atoms with Crippen molar-refractivity contribution < 1.29 is 26.2 Å². The smallest absolute Gasteiger partial charge is 0.308 e. The van der Waals surface area contributed by atoms with Gasteiger partial charge in [0.05, 0.1) is 10.9 Å². The maximum atomic E-state index is 12.5. The summed E-state index contributed by atoms with van der Waals surface area (Å²) in [5.74, 6) is 0. The molecule has 33 heavy (non-hydrogen) atoms. The van der Waals surface area contributed by atoms with Gasteiger partial charge in [-0.2, -0.15) is 8.42 Å². The van der Waals surface area contributed by atoms with Crippen molar-refractivity contribution in [3.63, 3.8) is 0 Å². The molecular formula is C22H23N3O6S2. The Morgan fingerprint density at radius 3 is 2.06 bits per heavy atom. The number of rotatable bonds is 7. The highest BCUT2D eigenvalue weighted by atomic mass is 32.2. The lowest BCUT2D eigenvalue weighted by atomic mass is 10.0. The van der Waals surface area contributed by atoms with Gasteiger partial charge in [-0.1, -0.05) is 36.4 Å². The van der Waals surface area contributed by atoms with E-state index in [1.54, 1.807) is 54.6 Å². The van der Waals surface area contributed by atoms with E-state index in [-0.39, 0.29) is 22.5 Å². The highest BCUT2D eigenvalue weighted by molar-refractivity contribution is 7.93. The van der Waals surface area contributed by atoms with Crippen molar-refractivity contribution in [3.05, 3.63) is 72.8 Å². The lowest BCUT2D eigenvalue weighted by Gasteiger charge is -2.16. The minimum atomic E-state index is -4.66. The zero-order chi connectivity index (χ0) is 24.2. The quantitative estimate of drug-likeness (QED) is 0.363. The van der Waals surface area contributed by atoms with Crippen LogP contribution in [0.1, 0.15) is 13.8 Å². The summed E-state index contributed by atoms with van der Waals surface area (Å²) in [5, 5.41) is 4.59. The Bertz CT molecular complexity index is 1370. The lowest BCUT2D eigenvalue weighted by Crippen LogP contribution is -2.22. The van der Waals surface area contributed by atoms with E-state index in [0.29, 0.717) is 5.69 Å². The van der Waals surface area contributed by atoms with E-state index < -0.39 is 36.3 Å². The Balaban J connectivity index is 2.04. The maximum absolute atomic E-state index is 12.5. The van der Waals surface area contributed by atoms with E-state index in [9.17, 15) is 26.2 Å². The number of urea groups is 1. The molecular weight excluding hydrogens is 466 g/mol. The van der Waals surface area contributed by atoms with Crippen molar-refractivity contribution in [2.75, 3.05) is 15.4 Å². The molecule has 11 heteroatoms. The summed E-state index contributed by atoms with van der Waals surface area (Å²) >= 11 is 0. The van der Waals surface area contributed by atoms with E-state index >= 15 is 0 Å². The average molecular weight is 490 g/mol. The Labute approximate surface area is 192 Å². The van der Waals surface area contributed by atoms with Gasteiger partial charge in [-0.15, -0.1) is 0 Å². The van der Waals surface area contributed by atoms with Gasteiger partial charge in [-0.05, 0) is 50.2 Å². The average Bonchev–Trinajstić information content (AvgIpc) is 2.73. The van der Waals surface area contributed by atoms with Crippen molar-refractivity contribution in [1.82, 2.24) is 0 Å². The number of carbonyl (C=O) groups is 1. The molecule has 0 radical (unpaired) electrons. The second-order valence-electron chi connectivity index (χ2n) is 7.37. The van der Waals surface area contributed by atoms with E-state index in [1.165, 1.54) is 26.0 Å². The van der Waals surface area contributed by atoms with Crippen LogP contribution in [0.15, 0.2) is 77.7 Å². The van der Waals surface area contributed by atoms with E-state index in [1.807, 2.05) is 0 Å². The van der Waals surface area contributed by atoms with Crippen LogP contribution in [0, 0.1) is 0 Å². The van der Waals surface area contributed by atoms with Gasteiger partial charge in [-0.25, -0.2) is 13.2 Å². The zero-order valence-corrected chi connectivity index (χ0v) is 19.4. The van der Waals surface area contributed by atoms with Crippen LogP contribution >= 0.6 is 0 Å². The number of sulfonamides is 1. The van der Waals surface area contributed by atoms with Crippen molar-refractivity contribution in [3.8, 4) is 11.1 Å². The Hall–Kier alpha value is -3.41. The normalized spacial score (nSPS) is 11.8. The number of hydrogen-bond acceptors (Lipinski definition) is 5. The zero-order valence-electron chi connectivity index (χ0n) is 17.8. The summed E-state index contributed by atoms with van der Waals surface area (Å²) < 4.78 is 60.7. The minimum Gasteiger partial charge on any atom is -0.308 e. The summed E-state index contributed by atoms with van der Waals surface area (Å²) in [7, 11) is -8.36. The van der Waals surface area contributed by atoms with Crippen molar-refractivity contribution in [2.24, 2.45) is 0 Å². The largest absolute Gasteiger partial charge is 0.323 e. The molecule has 0 saturated carbocycles. The maximum Gasteiger partial charge on any atom is 0.323 e. The number of para-hydroxylation sites is 2. The molecule has 0 fully saturated rings. The third kappa shape index (κ3) is 6.09. The molecule has 3 rings (SSSR count). The first-order valence-electron chi connectivity index (χ1n) is 9.83. The van der Waals surface area contributed by atoms with Gasteiger partial charge in [0, 0.05) is 22.5 Å². The lowest BCUT2D eigenvalue weighted by molar-refractivity contribution is 0.262. The number of carbonyl (C=O) groups excluding carboxylic acids is 1. The molecule has 2 amide bonds. The fourth-order valence-electron chi connectivity index (χ4n) is 2.94. The number of amides is 2. The molecule has 3 aromatic rings. The first-order chi connectivity index (χ1) is 15.5. The van der Waals surface area contributed by atoms with E-state index in [2.05, 4.69) is 15.4 Å². The highest BCUT2D eigenvalue weighted by Crippen LogP contribution is 2.35. The van der Waals surface area contributed by atoms with Gasteiger partial charge in [0.25, 0.3) is 10.1 Å². The summed E-state index contributed by atoms with van der Waals surface area (Å²) in [4.78, 5) is 12.1. The fraction of sp³-hybridized carbons (Fsp3) is 0.136. The molecule has 0 heterocycles. The number of hydrogen-bond donors (Lipinski definition) is 4. The standard InChI is InChI=1S/C22H23N3O6S2/c1-15(2)32(27,28)25-17-12-13-21(33(29,30)31)19(14-17)18-10-6-7-11-20(18)24-22(26)23-16-8-4-3-5-9-16/h3-15,25H,1-2H3,(H2,23,24,26)(H,29,30,31). The van der Waals surface area contributed by atoms with Crippen molar-refractivity contribution >= 4 is 43.2 Å². The van der Waals surface area contributed by atoms with Crippen LogP contribution < -0.4 is 15.4 Å². The molecule has 0 spiro atoms. The first-order valence-corrected chi connectivity index (χ1v) is 12.8. The molecule has 0 unspecified atom stereocenters. The van der Waals surface area contributed by atoms with Gasteiger partial charge >= 0.3 is 6.03 Å². The third-order valence-corrected chi connectivity index (χ3v) is 7.31. The van der Waals surface area contributed by atoms with Crippen LogP contribution in [-0.4, -0.2) is 32.7 Å². The molecule has 4 N–H and O–H groups in total. The molecule has 0 aliphatic heterocycles. The van der Waals surface area contributed by atoms with Gasteiger partial charge < -0.3 is 10.6 Å². The van der Waals surface area contributed by atoms with Crippen LogP contribution in [0.25, 0.3) is 11.1 Å². The molecule has 0 aliphatic carbocycles. The van der Waals surface area contributed by atoms with Gasteiger partial charge in [0.15, 0.2) is 0 Å². The molecule has 0 atom stereocenters. The highest BCUT2D eigenvalue weighted by Gasteiger charge is 2.22. The Morgan fingerprint density at radius 1 is 0.788 bits per heavy atom. The van der Waals surface area contributed by atoms with Crippen molar-refractivity contribution in [2.45, 2.75) is 24.0 Å². The summed E-state index contributed by atoms with van der Waals surface area (Å²) in [6.07, 6.45) is 0. The topological polar surface area (TPSA) is 142 Å². The van der Waals surface area contributed by atoms with Crippen LogP contribution in [0.2, 0.25) is 0 Å². The van der Waals surface area contributed by atoms with Crippen LogP contribution in [-0.2, 0) is 20.1 Å². The van der Waals surface area contributed by atoms with Crippen LogP contribution in [0.3, 0.4) is 0 Å². The van der Waals surface area contributed by atoms with Gasteiger partial charge in [0.2, 0.25) is 10.0 Å². The summed E-state index contributed by atoms with van der Waals surface area (Å²) in [5.41, 5.74) is 1.18.